The van der Waals surface area contributed by atoms with Crippen LogP contribution in [0, 0.1) is 13.8 Å². The molecule has 3 aromatic rings. The number of methoxy groups -OCH3 is 2. The highest BCUT2D eigenvalue weighted by Gasteiger charge is 2.19. The summed E-state index contributed by atoms with van der Waals surface area (Å²) in [7, 11) is 3.21. The molecule has 6 heteroatoms. The van der Waals surface area contributed by atoms with Crippen LogP contribution < -0.4 is 14.8 Å². The van der Waals surface area contributed by atoms with E-state index in [1.807, 2.05) is 62.4 Å². The van der Waals surface area contributed by atoms with Gasteiger partial charge in [0.15, 0.2) is 0 Å². The van der Waals surface area contributed by atoms with Gasteiger partial charge in [-0.3, -0.25) is 4.79 Å². The first kappa shape index (κ1) is 18.5. The molecule has 0 bridgehead atoms. The summed E-state index contributed by atoms with van der Waals surface area (Å²) in [6.45, 7) is 4.07. The first-order valence-electron chi connectivity index (χ1n) is 8.66. The summed E-state index contributed by atoms with van der Waals surface area (Å²) in [6, 6.07) is 15.3. The van der Waals surface area contributed by atoms with E-state index < -0.39 is 0 Å². The number of nitrogens with zero attached hydrogens (tertiary/aromatic N) is 2. The number of para-hydroxylation sites is 1. The fourth-order valence-electron chi connectivity index (χ4n) is 3.08. The van der Waals surface area contributed by atoms with Gasteiger partial charge in [0.05, 0.1) is 36.9 Å². The lowest BCUT2D eigenvalue weighted by molar-refractivity contribution is 0.0949. The normalized spacial score (nSPS) is 10.5. The smallest absolute Gasteiger partial charge is 0.255 e. The second-order valence-electron chi connectivity index (χ2n) is 6.15. The molecule has 0 saturated carbocycles. The number of amides is 1. The van der Waals surface area contributed by atoms with Gasteiger partial charge in [-0.1, -0.05) is 18.2 Å². The first-order chi connectivity index (χ1) is 13.0. The maximum atomic E-state index is 12.8. The fourth-order valence-corrected chi connectivity index (χ4v) is 3.08. The van der Waals surface area contributed by atoms with Crippen LogP contribution >= 0.6 is 0 Å². The topological polar surface area (TPSA) is 65.4 Å². The number of carbonyl (C=O) groups is 1. The number of benzene rings is 2. The van der Waals surface area contributed by atoms with Gasteiger partial charge in [0.25, 0.3) is 5.91 Å². The molecule has 6 nitrogen and oxygen atoms in total. The monoisotopic (exact) mass is 365 g/mol. The number of aromatic nitrogens is 2. The lowest BCUT2D eigenvalue weighted by Gasteiger charge is -2.12. The zero-order valence-corrected chi connectivity index (χ0v) is 15.9. The molecule has 0 fully saturated rings. The van der Waals surface area contributed by atoms with Crippen molar-refractivity contribution >= 4 is 5.91 Å². The lowest BCUT2D eigenvalue weighted by atomic mass is 10.1. The van der Waals surface area contributed by atoms with Crippen molar-refractivity contribution in [1.29, 1.82) is 0 Å². The van der Waals surface area contributed by atoms with Crippen LogP contribution in [0.25, 0.3) is 5.69 Å². The minimum atomic E-state index is -0.169. The Morgan fingerprint density at radius 1 is 1.07 bits per heavy atom. The fraction of sp³-hybridized carbons (Fsp3) is 0.238. The van der Waals surface area contributed by atoms with Crippen LogP contribution in [0.15, 0.2) is 48.5 Å². The molecular weight excluding hydrogens is 342 g/mol. The number of hydrogen-bond acceptors (Lipinski definition) is 4. The van der Waals surface area contributed by atoms with E-state index in [4.69, 9.17) is 9.47 Å². The Morgan fingerprint density at radius 3 is 2.48 bits per heavy atom. The zero-order valence-electron chi connectivity index (χ0n) is 15.9. The minimum Gasteiger partial charge on any atom is -0.497 e. The molecule has 0 atom stereocenters. The molecule has 0 spiro atoms. The average molecular weight is 365 g/mol. The summed E-state index contributed by atoms with van der Waals surface area (Å²) in [5.74, 6) is 1.24. The molecule has 1 N–H and O–H groups in total. The summed E-state index contributed by atoms with van der Waals surface area (Å²) in [4.78, 5) is 12.8. The molecular formula is C21H23N3O3. The van der Waals surface area contributed by atoms with E-state index in [2.05, 4.69) is 10.4 Å². The Hall–Kier alpha value is -3.28. The summed E-state index contributed by atoms with van der Waals surface area (Å²) in [6.07, 6.45) is 0. The SMILES string of the molecule is COc1ccc(OC)c(CNC(=O)c2c(C)nn(-c3ccccc3)c2C)c1. The van der Waals surface area contributed by atoms with E-state index in [1.54, 1.807) is 18.9 Å². The molecule has 3 rings (SSSR count). The largest absolute Gasteiger partial charge is 0.497 e. The van der Waals surface area contributed by atoms with Crippen LogP contribution in [0.5, 0.6) is 11.5 Å². The van der Waals surface area contributed by atoms with Crippen LogP contribution in [-0.4, -0.2) is 29.9 Å². The second kappa shape index (κ2) is 7.95. The molecule has 0 aliphatic rings. The number of hydrogen-bond donors (Lipinski definition) is 1. The molecule has 2 aromatic carbocycles. The third kappa shape index (κ3) is 3.79. The Bertz CT molecular complexity index is 949. The number of carbonyl (C=O) groups excluding carboxylic acids is 1. The van der Waals surface area contributed by atoms with E-state index in [9.17, 15) is 4.79 Å². The zero-order chi connectivity index (χ0) is 19.4. The van der Waals surface area contributed by atoms with Gasteiger partial charge in [-0.05, 0) is 44.2 Å². The van der Waals surface area contributed by atoms with Gasteiger partial charge in [-0.2, -0.15) is 5.10 Å². The van der Waals surface area contributed by atoms with Gasteiger partial charge in [0, 0.05) is 12.1 Å². The Balaban J connectivity index is 1.83. The molecule has 1 aromatic heterocycles. The van der Waals surface area contributed by atoms with Gasteiger partial charge in [0.1, 0.15) is 11.5 Å². The van der Waals surface area contributed by atoms with Crippen molar-refractivity contribution in [3.05, 3.63) is 71.0 Å². The third-order valence-corrected chi connectivity index (χ3v) is 4.45. The second-order valence-corrected chi connectivity index (χ2v) is 6.15. The van der Waals surface area contributed by atoms with Crippen molar-refractivity contribution in [3.8, 4) is 17.2 Å². The maximum absolute atomic E-state index is 12.8. The number of aryl methyl sites for hydroxylation is 1. The van der Waals surface area contributed by atoms with Crippen LogP contribution in [0.3, 0.4) is 0 Å². The van der Waals surface area contributed by atoms with Crippen LogP contribution in [0.1, 0.15) is 27.3 Å². The van der Waals surface area contributed by atoms with Gasteiger partial charge in [-0.15, -0.1) is 0 Å². The highest BCUT2D eigenvalue weighted by Crippen LogP contribution is 2.24. The van der Waals surface area contributed by atoms with Gasteiger partial charge >= 0.3 is 0 Å². The van der Waals surface area contributed by atoms with Crippen molar-refractivity contribution in [2.75, 3.05) is 14.2 Å². The Morgan fingerprint density at radius 2 is 1.81 bits per heavy atom. The average Bonchev–Trinajstić information content (AvgIpc) is 3.00. The number of rotatable bonds is 6. The van der Waals surface area contributed by atoms with Crippen LogP contribution in [0.4, 0.5) is 0 Å². The third-order valence-electron chi connectivity index (χ3n) is 4.45. The van der Waals surface area contributed by atoms with Crippen molar-refractivity contribution < 1.29 is 14.3 Å². The van der Waals surface area contributed by atoms with Crippen molar-refractivity contribution in [2.24, 2.45) is 0 Å². The Kier molecular flexibility index (Phi) is 5.45. The Labute approximate surface area is 158 Å². The summed E-state index contributed by atoms with van der Waals surface area (Å²) in [5.41, 5.74) is 3.84. The molecule has 0 aliphatic heterocycles. The first-order valence-corrected chi connectivity index (χ1v) is 8.66. The van der Waals surface area contributed by atoms with Gasteiger partial charge < -0.3 is 14.8 Å². The molecule has 0 aliphatic carbocycles. The van der Waals surface area contributed by atoms with E-state index in [0.717, 1.165) is 16.9 Å². The van der Waals surface area contributed by atoms with E-state index >= 15 is 0 Å². The van der Waals surface area contributed by atoms with E-state index in [-0.39, 0.29) is 5.91 Å². The van der Waals surface area contributed by atoms with E-state index in [1.165, 1.54) is 0 Å². The molecule has 0 radical (unpaired) electrons. The molecule has 0 saturated heterocycles. The molecule has 1 amide bonds. The highest BCUT2D eigenvalue weighted by molar-refractivity contribution is 5.96. The van der Waals surface area contributed by atoms with Gasteiger partial charge in [-0.25, -0.2) is 4.68 Å². The standard InChI is InChI=1S/C21H23N3O3/c1-14-20(15(2)24(23-14)17-8-6-5-7-9-17)21(25)22-13-16-12-18(26-3)10-11-19(16)27-4/h5-12H,13H2,1-4H3,(H,22,25). The van der Waals surface area contributed by atoms with Crippen molar-refractivity contribution in [3.63, 3.8) is 0 Å². The molecule has 140 valence electrons. The molecule has 1 heterocycles. The summed E-state index contributed by atoms with van der Waals surface area (Å²) >= 11 is 0. The number of ether oxygens (including phenoxy) is 2. The van der Waals surface area contributed by atoms with Crippen molar-refractivity contribution in [2.45, 2.75) is 20.4 Å². The molecule has 27 heavy (non-hydrogen) atoms. The minimum absolute atomic E-state index is 0.169. The predicted octanol–water partition coefficient (Wildman–Crippen LogP) is 3.44. The summed E-state index contributed by atoms with van der Waals surface area (Å²) in [5, 5.41) is 7.49. The van der Waals surface area contributed by atoms with Gasteiger partial charge in [0.2, 0.25) is 0 Å². The lowest BCUT2D eigenvalue weighted by Crippen LogP contribution is -2.24. The van der Waals surface area contributed by atoms with E-state index in [0.29, 0.717) is 29.3 Å². The summed E-state index contributed by atoms with van der Waals surface area (Å²) < 4.78 is 12.4. The number of nitrogens with one attached hydrogen (secondary N) is 1. The highest BCUT2D eigenvalue weighted by atomic mass is 16.5. The predicted molar refractivity (Wildman–Crippen MR) is 104 cm³/mol. The van der Waals surface area contributed by atoms with Crippen LogP contribution in [0.2, 0.25) is 0 Å². The molecule has 0 unspecified atom stereocenters. The maximum Gasteiger partial charge on any atom is 0.255 e. The quantitative estimate of drug-likeness (QED) is 0.727. The van der Waals surface area contributed by atoms with Crippen LogP contribution in [-0.2, 0) is 6.54 Å². The van der Waals surface area contributed by atoms with Crippen molar-refractivity contribution in [1.82, 2.24) is 15.1 Å².